The van der Waals surface area contributed by atoms with E-state index in [0.29, 0.717) is 12.8 Å². The molecule has 1 heterocycles. The van der Waals surface area contributed by atoms with Gasteiger partial charge in [-0.1, -0.05) is 12.2 Å². The lowest BCUT2D eigenvalue weighted by Gasteiger charge is -2.41. The van der Waals surface area contributed by atoms with Crippen LogP contribution in [0.5, 0.6) is 0 Å². The van der Waals surface area contributed by atoms with E-state index in [-0.39, 0.29) is 6.04 Å². The third-order valence-corrected chi connectivity index (χ3v) is 4.08. The molecule has 7 nitrogen and oxygen atoms in total. The molecule has 7 heteroatoms. The molecule has 0 bridgehead atoms. The molecule has 1 saturated heterocycles. The first-order valence-electron chi connectivity index (χ1n) is 8.77. The number of alkyl carbamates (subject to hydrolysis) is 1. The third kappa shape index (κ3) is 5.89. The Morgan fingerprint density at radius 3 is 2.42 bits per heavy atom. The van der Waals surface area contributed by atoms with Crippen LogP contribution in [0.2, 0.25) is 0 Å². The summed E-state index contributed by atoms with van der Waals surface area (Å²) in [4.78, 5) is 38.8. The van der Waals surface area contributed by atoms with Gasteiger partial charge in [0.1, 0.15) is 17.7 Å². The van der Waals surface area contributed by atoms with Crippen LogP contribution < -0.4 is 5.32 Å². The monoisotopic (exact) mass is 366 g/mol. The molecular formula is C19H30N2O5. The molecule has 1 rings (SSSR count). The van der Waals surface area contributed by atoms with Gasteiger partial charge in [0.15, 0.2) is 0 Å². The molecule has 2 amide bonds. The predicted octanol–water partition coefficient (Wildman–Crippen LogP) is 2.56. The van der Waals surface area contributed by atoms with Gasteiger partial charge in [0, 0.05) is 6.04 Å². The van der Waals surface area contributed by atoms with Crippen LogP contribution in [0, 0.1) is 0 Å². The zero-order valence-electron chi connectivity index (χ0n) is 16.1. The van der Waals surface area contributed by atoms with E-state index in [1.54, 1.807) is 26.8 Å². The number of methoxy groups -OCH3 is 1. The van der Waals surface area contributed by atoms with Crippen LogP contribution in [0.1, 0.15) is 46.5 Å². The minimum Gasteiger partial charge on any atom is -0.467 e. The summed E-state index contributed by atoms with van der Waals surface area (Å²) in [6.45, 7) is 12.6. The minimum absolute atomic E-state index is 0.180. The fourth-order valence-corrected chi connectivity index (χ4v) is 3.02. The third-order valence-electron chi connectivity index (χ3n) is 4.08. The van der Waals surface area contributed by atoms with Gasteiger partial charge in [-0.05, 0) is 46.5 Å². The number of carbonyl (C=O) groups excluding carboxylic acids is 3. The van der Waals surface area contributed by atoms with Crippen molar-refractivity contribution < 1.29 is 23.9 Å². The number of rotatable bonds is 6. The van der Waals surface area contributed by atoms with Crippen molar-refractivity contribution in [3.63, 3.8) is 0 Å². The Morgan fingerprint density at radius 2 is 1.92 bits per heavy atom. The molecule has 1 aliphatic heterocycles. The lowest BCUT2D eigenvalue weighted by atomic mass is 9.92. The zero-order valence-corrected chi connectivity index (χ0v) is 16.1. The number of ether oxygens (including phenoxy) is 2. The predicted molar refractivity (Wildman–Crippen MR) is 98.5 cm³/mol. The smallest absolute Gasteiger partial charge is 0.408 e. The molecule has 0 radical (unpaired) electrons. The van der Waals surface area contributed by atoms with E-state index in [1.165, 1.54) is 18.1 Å². The topological polar surface area (TPSA) is 84.9 Å². The van der Waals surface area contributed by atoms with Crippen molar-refractivity contribution in [3.05, 3.63) is 25.3 Å². The maximum atomic E-state index is 13.1. The Bertz CT molecular complexity index is 553. The van der Waals surface area contributed by atoms with Crippen LogP contribution in [0.25, 0.3) is 0 Å². The summed E-state index contributed by atoms with van der Waals surface area (Å²) in [5.74, 6) is -0.875. The number of piperidine rings is 1. The van der Waals surface area contributed by atoms with Gasteiger partial charge < -0.3 is 19.7 Å². The molecule has 1 aliphatic rings. The Balaban J connectivity index is 3.02. The van der Waals surface area contributed by atoms with E-state index in [1.807, 2.05) is 0 Å². The molecule has 146 valence electrons. The average molecular weight is 366 g/mol. The first-order valence-corrected chi connectivity index (χ1v) is 8.77. The second-order valence-corrected chi connectivity index (χ2v) is 7.25. The van der Waals surface area contributed by atoms with Crippen LogP contribution in [-0.4, -0.2) is 53.7 Å². The number of nitrogens with zero attached hydrogens (tertiary/aromatic N) is 1. The van der Waals surface area contributed by atoms with E-state index < -0.39 is 35.7 Å². The molecule has 0 aromatic heterocycles. The van der Waals surface area contributed by atoms with Crippen molar-refractivity contribution in [1.29, 1.82) is 0 Å². The molecule has 26 heavy (non-hydrogen) atoms. The van der Waals surface area contributed by atoms with Crippen LogP contribution in [0.3, 0.4) is 0 Å². The fraction of sp³-hybridized carbons (Fsp3) is 0.632. The van der Waals surface area contributed by atoms with Gasteiger partial charge in [-0.25, -0.2) is 9.59 Å². The van der Waals surface area contributed by atoms with Gasteiger partial charge in [0.05, 0.1) is 7.11 Å². The largest absolute Gasteiger partial charge is 0.467 e. The van der Waals surface area contributed by atoms with Gasteiger partial charge in [0.25, 0.3) is 0 Å². The molecular weight excluding hydrogens is 336 g/mol. The van der Waals surface area contributed by atoms with Gasteiger partial charge in [-0.3, -0.25) is 4.79 Å². The number of carbonyl (C=O) groups is 3. The van der Waals surface area contributed by atoms with Gasteiger partial charge in [-0.15, -0.1) is 13.2 Å². The summed E-state index contributed by atoms with van der Waals surface area (Å²) in [5, 5.41) is 2.51. The Kier molecular flexibility index (Phi) is 7.86. The standard InChI is InChI=1S/C19H30N2O5/c1-7-10-13-11-9-12-15(17(23)25-6)21(13)16(22)14(8-2)20-18(24)26-19(3,4)5/h7-8,13-15H,1-2,9-12H2,3-6H3,(H,20,24)/t13?,14-,15-/m0/s1. The first kappa shape index (κ1) is 21.7. The van der Waals surface area contributed by atoms with Crippen molar-refractivity contribution in [2.45, 2.75) is 70.2 Å². The van der Waals surface area contributed by atoms with E-state index in [0.717, 1.165) is 12.8 Å². The molecule has 1 N–H and O–H groups in total. The molecule has 0 aromatic carbocycles. The highest BCUT2D eigenvalue weighted by atomic mass is 16.6. The molecule has 0 aliphatic carbocycles. The first-order chi connectivity index (χ1) is 12.1. The summed E-state index contributed by atoms with van der Waals surface area (Å²) in [6, 6.07) is -1.86. The fourth-order valence-electron chi connectivity index (χ4n) is 3.02. The lowest BCUT2D eigenvalue weighted by Crippen LogP contribution is -2.59. The zero-order chi connectivity index (χ0) is 19.9. The van der Waals surface area contributed by atoms with E-state index in [4.69, 9.17) is 9.47 Å². The normalized spacial score (nSPS) is 21.3. The quantitative estimate of drug-likeness (QED) is 0.577. The maximum absolute atomic E-state index is 13.1. The number of nitrogens with one attached hydrogen (secondary N) is 1. The highest BCUT2D eigenvalue weighted by Crippen LogP contribution is 2.27. The van der Waals surface area contributed by atoms with E-state index in [2.05, 4.69) is 18.5 Å². The second-order valence-electron chi connectivity index (χ2n) is 7.25. The Hall–Kier alpha value is -2.31. The molecule has 1 unspecified atom stereocenters. The number of amides is 2. The van der Waals surface area contributed by atoms with Crippen molar-refractivity contribution >= 4 is 18.0 Å². The Labute approximate surface area is 155 Å². The molecule has 0 aromatic rings. The second kappa shape index (κ2) is 9.40. The van der Waals surface area contributed by atoms with Crippen LogP contribution >= 0.6 is 0 Å². The number of hydrogen-bond acceptors (Lipinski definition) is 5. The van der Waals surface area contributed by atoms with Crippen molar-refractivity contribution in [1.82, 2.24) is 10.2 Å². The van der Waals surface area contributed by atoms with Crippen molar-refractivity contribution in [2.75, 3.05) is 7.11 Å². The van der Waals surface area contributed by atoms with Crippen LogP contribution in [-0.2, 0) is 19.1 Å². The van der Waals surface area contributed by atoms with Crippen molar-refractivity contribution in [3.8, 4) is 0 Å². The summed E-state index contributed by atoms with van der Waals surface area (Å²) in [5.41, 5.74) is -0.691. The summed E-state index contributed by atoms with van der Waals surface area (Å²) >= 11 is 0. The maximum Gasteiger partial charge on any atom is 0.408 e. The van der Waals surface area contributed by atoms with Gasteiger partial charge >= 0.3 is 12.1 Å². The summed E-state index contributed by atoms with van der Waals surface area (Å²) in [7, 11) is 1.30. The van der Waals surface area contributed by atoms with Gasteiger partial charge in [0.2, 0.25) is 5.91 Å². The molecule has 0 saturated carbocycles. The van der Waals surface area contributed by atoms with Crippen LogP contribution in [0.4, 0.5) is 4.79 Å². The van der Waals surface area contributed by atoms with Crippen molar-refractivity contribution in [2.24, 2.45) is 0 Å². The van der Waals surface area contributed by atoms with Gasteiger partial charge in [-0.2, -0.15) is 0 Å². The lowest BCUT2D eigenvalue weighted by molar-refractivity contribution is -0.157. The summed E-state index contributed by atoms with van der Waals surface area (Å²) < 4.78 is 10.1. The van der Waals surface area contributed by atoms with E-state index >= 15 is 0 Å². The molecule has 1 fully saturated rings. The van der Waals surface area contributed by atoms with E-state index in [9.17, 15) is 14.4 Å². The molecule has 0 spiro atoms. The number of hydrogen-bond donors (Lipinski definition) is 1. The summed E-state index contributed by atoms with van der Waals surface area (Å²) in [6.07, 6.45) is 4.96. The highest BCUT2D eigenvalue weighted by Gasteiger charge is 2.40. The highest BCUT2D eigenvalue weighted by molar-refractivity contribution is 5.91. The minimum atomic E-state index is -0.998. The number of likely N-dealkylation sites (tertiary alicyclic amines) is 1. The Morgan fingerprint density at radius 1 is 1.27 bits per heavy atom. The average Bonchev–Trinajstić information content (AvgIpc) is 2.57. The van der Waals surface area contributed by atoms with Crippen LogP contribution in [0.15, 0.2) is 25.3 Å². The molecule has 3 atom stereocenters. The number of esters is 1. The SMILES string of the molecule is C=CCC1CCC[C@@H](C(=O)OC)N1C(=O)[C@H](C=C)NC(=O)OC(C)(C)C.